The quantitative estimate of drug-likeness (QED) is 0.0280. The third-order valence-electron chi connectivity index (χ3n) is 15.9. The maximum absolute atomic E-state index is 14.2. The van der Waals surface area contributed by atoms with Crippen LogP contribution in [0.5, 0.6) is 28.7 Å². The number of carbonyl (C=O) groups is 9. The summed E-state index contributed by atoms with van der Waals surface area (Å²) in [5.74, 6) is -2.50. The van der Waals surface area contributed by atoms with Crippen molar-refractivity contribution in [2.45, 2.75) is 115 Å². The van der Waals surface area contributed by atoms with E-state index in [0.29, 0.717) is 89.7 Å². The maximum Gasteiger partial charge on any atom is 0.327 e. The summed E-state index contributed by atoms with van der Waals surface area (Å²) >= 11 is 1.01. The highest BCUT2D eigenvalue weighted by Gasteiger charge is 2.40. The summed E-state index contributed by atoms with van der Waals surface area (Å²) in [5.41, 5.74) is 5.81. The molecule has 2 unspecified atom stereocenters. The SMILES string of the molecule is COc1ccc(C2=CN3C(=O)c4cc(OC)c(OCCCOc5cc6c(cc5OC)C(=O)N5C=C(c7ccc(NC(=O)[C@H](C)NC(=O)[C@@H](NC(=O)CCCCCN8C(=O)CC(SCC(NC(C)=O)C(=O)O)C8=O)C(C)C)cc7)C[C@H]5C=N6)cc4N=C[C@@H]3C2)cc1. The molecule has 5 heterocycles. The maximum atomic E-state index is 14.2. The van der Waals surface area contributed by atoms with E-state index in [2.05, 4.69) is 21.3 Å². The second-order valence-electron chi connectivity index (χ2n) is 22.6. The number of imide groups is 1. The molecular formula is C65H73N9O15S. The number of carbonyl (C=O) groups excluding carboxylic acids is 8. The molecule has 9 rings (SSSR count). The Morgan fingerprint density at radius 3 is 1.72 bits per heavy atom. The normalized spacial score (nSPS) is 18.2. The molecule has 0 aliphatic carbocycles. The van der Waals surface area contributed by atoms with Crippen LogP contribution < -0.4 is 45.0 Å². The van der Waals surface area contributed by atoms with Crippen molar-refractivity contribution in [1.29, 1.82) is 0 Å². The van der Waals surface area contributed by atoms with Gasteiger partial charge in [-0.3, -0.25) is 53.2 Å². The third kappa shape index (κ3) is 15.3. The zero-order valence-electron chi connectivity index (χ0n) is 51.1. The molecule has 6 atom stereocenters. The Morgan fingerprint density at radius 2 is 1.21 bits per heavy atom. The summed E-state index contributed by atoms with van der Waals surface area (Å²) in [6, 6.07) is 17.8. The molecule has 24 nitrogen and oxygen atoms in total. The van der Waals surface area contributed by atoms with Gasteiger partial charge >= 0.3 is 5.97 Å². The molecule has 8 amide bonds. The molecule has 4 aromatic carbocycles. The van der Waals surface area contributed by atoms with E-state index >= 15 is 0 Å². The third-order valence-corrected chi connectivity index (χ3v) is 17.2. The first-order chi connectivity index (χ1) is 43.2. The number of hydrogen-bond donors (Lipinski definition) is 5. The van der Waals surface area contributed by atoms with Crippen LogP contribution in [0.25, 0.3) is 11.1 Å². The zero-order valence-corrected chi connectivity index (χ0v) is 51.9. The van der Waals surface area contributed by atoms with Crippen molar-refractivity contribution in [2.75, 3.05) is 52.2 Å². The molecule has 25 heteroatoms. The summed E-state index contributed by atoms with van der Waals surface area (Å²) in [4.78, 5) is 130. The predicted octanol–water partition coefficient (Wildman–Crippen LogP) is 7.10. The number of nitrogens with zero attached hydrogens (tertiary/aromatic N) is 5. The average molecular weight is 1250 g/mol. The summed E-state index contributed by atoms with van der Waals surface area (Å²) in [6.45, 7) is 6.89. The van der Waals surface area contributed by atoms with E-state index in [1.807, 2.05) is 42.6 Å². The van der Waals surface area contributed by atoms with Gasteiger partial charge in [-0.05, 0) is 84.4 Å². The first kappa shape index (κ1) is 64.9. The lowest BCUT2D eigenvalue weighted by Gasteiger charge is -2.24. The molecule has 5 aliphatic rings. The summed E-state index contributed by atoms with van der Waals surface area (Å²) in [7, 11) is 4.63. The van der Waals surface area contributed by atoms with Crippen molar-refractivity contribution >= 4 is 106 Å². The van der Waals surface area contributed by atoms with Gasteiger partial charge in [0.2, 0.25) is 35.4 Å². The van der Waals surface area contributed by atoms with Crippen LogP contribution in [0.3, 0.4) is 0 Å². The number of ether oxygens (including phenoxy) is 5. The van der Waals surface area contributed by atoms with Crippen LogP contribution in [-0.4, -0.2) is 168 Å². The fourth-order valence-corrected chi connectivity index (χ4v) is 12.1. The molecule has 0 radical (unpaired) electrons. The summed E-state index contributed by atoms with van der Waals surface area (Å²) < 4.78 is 29.0. The number of thioether (sulfide) groups is 1. The van der Waals surface area contributed by atoms with Crippen LogP contribution in [0.2, 0.25) is 0 Å². The predicted molar refractivity (Wildman–Crippen MR) is 337 cm³/mol. The van der Waals surface area contributed by atoms with E-state index in [4.69, 9.17) is 33.7 Å². The van der Waals surface area contributed by atoms with Crippen LogP contribution in [0, 0.1) is 5.92 Å². The van der Waals surface area contributed by atoms with E-state index < -0.39 is 53.0 Å². The van der Waals surface area contributed by atoms with E-state index in [0.717, 1.165) is 44.7 Å². The number of methoxy groups -OCH3 is 3. The van der Waals surface area contributed by atoms with Crippen molar-refractivity contribution in [3.63, 3.8) is 0 Å². The molecule has 1 saturated heterocycles. The van der Waals surface area contributed by atoms with Gasteiger partial charge < -0.3 is 59.9 Å². The molecule has 5 aliphatic heterocycles. The van der Waals surface area contributed by atoms with Crippen LogP contribution in [0.15, 0.2) is 95.2 Å². The Hall–Kier alpha value is -9.52. The number of aliphatic carboxylic acids is 1. The summed E-state index contributed by atoms with van der Waals surface area (Å²) in [5, 5.41) is 19.2. The number of carboxylic acid groups (broad SMARTS) is 1. The van der Waals surface area contributed by atoms with Crippen LogP contribution in [-0.2, 0) is 33.6 Å². The first-order valence-electron chi connectivity index (χ1n) is 29.7. The molecule has 1 fully saturated rings. The molecule has 0 aromatic heterocycles. The minimum Gasteiger partial charge on any atom is -0.497 e. The van der Waals surface area contributed by atoms with Crippen molar-refractivity contribution in [1.82, 2.24) is 30.7 Å². The highest BCUT2D eigenvalue weighted by Crippen LogP contribution is 2.42. The number of aliphatic imine (C=N–C) groups is 2. The van der Waals surface area contributed by atoms with Gasteiger partial charge in [0.15, 0.2) is 23.0 Å². The van der Waals surface area contributed by atoms with Gasteiger partial charge in [-0.15, -0.1) is 11.8 Å². The van der Waals surface area contributed by atoms with E-state index in [9.17, 15) is 48.3 Å². The Balaban J connectivity index is 0.707. The van der Waals surface area contributed by atoms with Crippen molar-refractivity contribution in [3.8, 4) is 28.7 Å². The number of likely N-dealkylation sites (tertiary alicyclic amines) is 1. The highest BCUT2D eigenvalue weighted by molar-refractivity contribution is 8.00. The minimum atomic E-state index is -1.24. The van der Waals surface area contributed by atoms with Gasteiger partial charge in [0.1, 0.15) is 23.9 Å². The number of hydrogen-bond acceptors (Lipinski definition) is 17. The number of nitrogens with one attached hydrogen (secondary N) is 4. The fraction of sp³-hybridized carbons (Fsp3) is 0.400. The number of carboxylic acids is 1. The smallest absolute Gasteiger partial charge is 0.327 e. The molecular weight excluding hydrogens is 1180 g/mol. The number of rotatable bonds is 28. The standard InChI is InChI=1S/C65H73N9O15S/c1-36(2)59(71-57(76)12-9-8-10-21-72-58(77)30-56(64(72)82)90-35-51(65(83)84)69-38(4)75)61(79)68-37(3)60(78)70-43-17-13-39(14-18-43)41-24-44-31-66-49-28-54(52(86-6)26-47(49)62(80)73(44)33-41)88-22-11-23-89-55-29-50-48(27-53(55)87-7)63(81)74-34-42(25-45(74)32-67-50)40-15-19-46(85-5)20-16-40/h13-20,26-29,31-34,36-37,44-45,51,56,59H,8-12,21-25,30,35H2,1-7H3,(H,68,79)(H,69,75)(H,70,78)(H,71,76)(H,83,84)/t37-,44-,45-,51?,56?,59-/m0/s1. The zero-order chi connectivity index (χ0) is 64.3. The number of fused-ring (bicyclic) bond motifs is 4. The van der Waals surface area contributed by atoms with Crippen LogP contribution >= 0.6 is 11.8 Å². The van der Waals surface area contributed by atoms with Crippen LogP contribution in [0.4, 0.5) is 17.1 Å². The first-order valence-corrected chi connectivity index (χ1v) is 30.7. The minimum absolute atomic E-state index is 0.0729. The van der Waals surface area contributed by atoms with Gasteiger partial charge in [0.05, 0.1) is 74.4 Å². The molecule has 0 bridgehead atoms. The topological polar surface area (TPSA) is 303 Å². The van der Waals surface area contributed by atoms with Gasteiger partial charge in [0, 0.05) is 94.0 Å². The van der Waals surface area contributed by atoms with E-state index in [1.54, 1.807) is 85.8 Å². The summed E-state index contributed by atoms with van der Waals surface area (Å²) in [6.07, 6.45) is 10.1. The lowest BCUT2D eigenvalue weighted by molar-refractivity contribution is -0.141. The Labute approximate surface area is 524 Å². The monoisotopic (exact) mass is 1250 g/mol. The van der Waals surface area contributed by atoms with Gasteiger partial charge in [-0.25, -0.2) is 4.79 Å². The highest BCUT2D eigenvalue weighted by atomic mass is 32.2. The number of amides is 8. The number of unbranched alkanes of at least 4 members (excludes halogenated alkanes) is 2. The Kier molecular flexibility index (Phi) is 21.1. The fourth-order valence-electron chi connectivity index (χ4n) is 10.9. The lowest BCUT2D eigenvalue weighted by atomic mass is 10.0. The van der Waals surface area contributed by atoms with Gasteiger partial charge in [0.25, 0.3) is 11.8 Å². The van der Waals surface area contributed by atoms with E-state index in [1.165, 1.54) is 28.1 Å². The lowest BCUT2D eigenvalue weighted by Crippen LogP contribution is -2.53. The molecule has 0 spiro atoms. The van der Waals surface area contributed by atoms with Gasteiger partial charge in [-0.2, -0.15) is 0 Å². The number of anilines is 1. The van der Waals surface area contributed by atoms with Crippen LogP contribution in [0.1, 0.15) is 111 Å². The molecule has 0 saturated carbocycles. The number of benzene rings is 4. The second kappa shape index (κ2) is 29.2. The van der Waals surface area contributed by atoms with E-state index in [-0.39, 0.29) is 80.0 Å². The van der Waals surface area contributed by atoms with Crippen molar-refractivity contribution in [2.24, 2.45) is 15.9 Å². The molecule has 4 aromatic rings. The molecule has 474 valence electrons. The second-order valence-corrected chi connectivity index (χ2v) is 23.8. The van der Waals surface area contributed by atoms with Gasteiger partial charge in [-0.1, -0.05) is 44.5 Å². The Bertz CT molecular complexity index is 3570. The molecule has 90 heavy (non-hydrogen) atoms. The van der Waals surface area contributed by atoms with Crippen molar-refractivity contribution < 1.29 is 71.9 Å². The largest absolute Gasteiger partial charge is 0.497 e. The molecule has 5 N–H and O–H groups in total. The average Bonchev–Trinajstić information content (AvgIpc) is 1.67. The Morgan fingerprint density at radius 1 is 0.656 bits per heavy atom. The van der Waals surface area contributed by atoms with Crippen molar-refractivity contribution in [3.05, 3.63) is 107 Å².